The second-order valence-corrected chi connectivity index (χ2v) is 5.37. The van der Waals surface area contributed by atoms with Crippen LogP contribution in [0.2, 0.25) is 0 Å². The molecule has 0 aliphatic heterocycles. The molecule has 2 aromatic heterocycles. The van der Waals surface area contributed by atoms with E-state index < -0.39 is 17.9 Å². The van der Waals surface area contributed by atoms with Crippen LogP contribution in [0.15, 0.2) is 37.1 Å². The van der Waals surface area contributed by atoms with Crippen molar-refractivity contribution in [1.29, 1.82) is 0 Å². The van der Waals surface area contributed by atoms with E-state index in [1.165, 1.54) is 24.9 Å². The van der Waals surface area contributed by atoms with E-state index >= 15 is 0 Å². The van der Waals surface area contributed by atoms with Gasteiger partial charge in [0.05, 0.1) is 5.56 Å². The van der Waals surface area contributed by atoms with Crippen LogP contribution in [0.3, 0.4) is 0 Å². The van der Waals surface area contributed by atoms with Crippen molar-refractivity contribution in [2.24, 2.45) is 0 Å². The van der Waals surface area contributed by atoms with Crippen molar-refractivity contribution in [2.45, 2.75) is 19.9 Å². The summed E-state index contributed by atoms with van der Waals surface area (Å²) >= 11 is 0. The molecule has 132 valence electrons. The molecule has 0 fully saturated rings. The Morgan fingerprint density at radius 1 is 1.36 bits per heavy atom. The number of carboxylic acids is 1. The number of hydrogen-bond donors (Lipinski definition) is 2. The Bertz CT molecular complexity index is 742. The van der Waals surface area contributed by atoms with Gasteiger partial charge in [-0.25, -0.2) is 14.8 Å². The Morgan fingerprint density at radius 3 is 2.64 bits per heavy atom. The number of aromatic nitrogens is 3. The largest absolute Gasteiger partial charge is 0.480 e. The SMILES string of the molecule is CC(=O)NCCN(C(=O)c1ccc(-n2ccnc2)nc1)C(C)C(=O)O. The molecule has 1 unspecified atom stereocenters. The van der Waals surface area contributed by atoms with Crippen molar-refractivity contribution < 1.29 is 19.5 Å². The van der Waals surface area contributed by atoms with Crippen LogP contribution < -0.4 is 5.32 Å². The first-order valence-corrected chi connectivity index (χ1v) is 7.62. The quantitative estimate of drug-likeness (QED) is 0.746. The Labute approximate surface area is 144 Å². The molecule has 0 saturated heterocycles. The smallest absolute Gasteiger partial charge is 0.326 e. The number of nitrogens with one attached hydrogen (secondary N) is 1. The van der Waals surface area contributed by atoms with Crippen LogP contribution in [-0.2, 0) is 9.59 Å². The number of imidazole rings is 1. The van der Waals surface area contributed by atoms with E-state index in [9.17, 15) is 19.5 Å². The summed E-state index contributed by atoms with van der Waals surface area (Å²) in [6.07, 6.45) is 6.29. The Morgan fingerprint density at radius 2 is 2.12 bits per heavy atom. The highest BCUT2D eigenvalue weighted by Gasteiger charge is 2.26. The Kier molecular flexibility index (Phi) is 5.83. The van der Waals surface area contributed by atoms with Crippen molar-refractivity contribution in [1.82, 2.24) is 24.8 Å². The molecule has 0 saturated carbocycles. The molecule has 0 aromatic carbocycles. The normalized spacial score (nSPS) is 11.6. The lowest BCUT2D eigenvalue weighted by Crippen LogP contribution is -2.46. The summed E-state index contributed by atoms with van der Waals surface area (Å²) in [6, 6.07) is 2.19. The third-order valence-corrected chi connectivity index (χ3v) is 3.58. The van der Waals surface area contributed by atoms with E-state index in [2.05, 4.69) is 15.3 Å². The van der Waals surface area contributed by atoms with Gasteiger partial charge in [0.1, 0.15) is 18.2 Å². The molecule has 2 rings (SSSR count). The maximum Gasteiger partial charge on any atom is 0.326 e. The second-order valence-electron chi connectivity index (χ2n) is 5.37. The maximum absolute atomic E-state index is 12.7. The van der Waals surface area contributed by atoms with Gasteiger partial charge in [-0.15, -0.1) is 0 Å². The Hall–Kier alpha value is -3.23. The van der Waals surface area contributed by atoms with Crippen molar-refractivity contribution in [3.8, 4) is 5.82 Å². The minimum Gasteiger partial charge on any atom is -0.480 e. The molecular weight excluding hydrogens is 326 g/mol. The van der Waals surface area contributed by atoms with E-state index in [1.54, 1.807) is 35.4 Å². The van der Waals surface area contributed by atoms with Gasteiger partial charge in [0.15, 0.2) is 0 Å². The van der Waals surface area contributed by atoms with E-state index in [-0.39, 0.29) is 24.6 Å². The minimum absolute atomic E-state index is 0.0785. The van der Waals surface area contributed by atoms with Crippen LogP contribution in [0.5, 0.6) is 0 Å². The maximum atomic E-state index is 12.7. The van der Waals surface area contributed by atoms with Gasteiger partial charge in [-0.3, -0.25) is 14.2 Å². The zero-order chi connectivity index (χ0) is 18.4. The van der Waals surface area contributed by atoms with Gasteiger partial charge in [-0.2, -0.15) is 0 Å². The lowest BCUT2D eigenvalue weighted by molar-refractivity contribution is -0.141. The highest BCUT2D eigenvalue weighted by Crippen LogP contribution is 2.11. The summed E-state index contributed by atoms with van der Waals surface area (Å²) in [5.41, 5.74) is 0.264. The predicted molar refractivity (Wildman–Crippen MR) is 88.2 cm³/mol. The third kappa shape index (κ3) is 4.63. The number of carbonyl (C=O) groups excluding carboxylic acids is 2. The Balaban J connectivity index is 2.16. The molecule has 0 spiro atoms. The number of aliphatic carboxylic acids is 1. The molecule has 1 atom stereocenters. The predicted octanol–water partition coefficient (Wildman–Crippen LogP) is 0.319. The molecule has 0 bridgehead atoms. The van der Waals surface area contributed by atoms with Gasteiger partial charge in [-0.05, 0) is 19.1 Å². The van der Waals surface area contributed by atoms with Crippen LogP contribution in [0.1, 0.15) is 24.2 Å². The average molecular weight is 345 g/mol. The molecule has 9 heteroatoms. The fourth-order valence-corrected chi connectivity index (χ4v) is 2.18. The molecule has 2 N–H and O–H groups in total. The van der Waals surface area contributed by atoms with Gasteiger partial charge in [-0.1, -0.05) is 0 Å². The number of nitrogens with zero attached hydrogens (tertiary/aromatic N) is 4. The van der Waals surface area contributed by atoms with Crippen LogP contribution in [0.25, 0.3) is 5.82 Å². The molecule has 25 heavy (non-hydrogen) atoms. The highest BCUT2D eigenvalue weighted by atomic mass is 16.4. The van der Waals surface area contributed by atoms with Crippen molar-refractivity contribution in [3.05, 3.63) is 42.6 Å². The minimum atomic E-state index is -1.13. The van der Waals surface area contributed by atoms with Gasteiger partial charge in [0.25, 0.3) is 5.91 Å². The average Bonchev–Trinajstić information content (AvgIpc) is 3.12. The number of hydrogen-bond acceptors (Lipinski definition) is 5. The monoisotopic (exact) mass is 345 g/mol. The number of carboxylic acid groups (broad SMARTS) is 1. The molecule has 0 aliphatic rings. The number of carbonyl (C=O) groups is 3. The van der Waals surface area contributed by atoms with Gasteiger partial charge >= 0.3 is 5.97 Å². The second kappa shape index (κ2) is 8.04. The summed E-state index contributed by atoms with van der Waals surface area (Å²) in [5.74, 6) is -1.25. The van der Waals surface area contributed by atoms with E-state index in [4.69, 9.17) is 0 Å². The van der Waals surface area contributed by atoms with E-state index in [0.717, 1.165) is 0 Å². The molecule has 2 amide bonds. The van der Waals surface area contributed by atoms with E-state index in [0.29, 0.717) is 5.82 Å². The fourth-order valence-electron chi connectivity index (χ4n) is 2.18. The third-order valence-electron chi connectivity index (χ3n) is 3.58. The number of amides is 2. The van der Waals surface area contributed by atoms with Gasteiger partial charge in [0, 0.05) is 38.6 Å². The molecular formula is C16H19N5O4. The molecule has 9 nitrogen and oxygen atoms in total. The zero-order valence-electron chi connectivity index (χ0n) is 13.9. The first-order chi connectivity index (χ1) is 11.9. The fraction of sp³-hybridized carbons (Fsp3) is 0.312. The molecule has 0 aliphatic carbocycles. The zero-order valence-corrected chi connectivity index (χ0v) is 13.9. The lowest BCUT2D eigenvalue weighted by Gasteiger charge is -2.26. The van der Waals surface area contributed by atoms with Crippen LogP contribution >= 0.6 is 0 Å². The first-order valence-electron chi connectivity index (χ1n) is 7.62. The van der Waals surface area contributed by atoms with Gasteiger partial charge < -0.3 is 15.3 Å². The van der Waals surface area contributed by atoms with Gasteiger partial charge in [0.2, 0.25) is 5.91 Å². The van der Waals surface area contributed by atoms with Crippen molar-refractivity contribution in [3.63, 3.8) is 0 Å². The molecule has 2 heterocycles. The summed E-state index contributed by atoms with van der Waals surface area (Å²) in [6.45, 7) is 3.02. The summed E-state index contributed by atoms with van der Waals surface area (Å²) < 4.78 is 1.68. The first kappa shape index (κ1) is 18.1. The highest BCUT2D eigenvalue weighted by molar-refractivity contribution is 5.96. The van der Waals surface area contributed by atoms with Crippen molar-refractivity contribution >= 4 is 17.8 Å². The summed E-state index contributed by atoms with van der Waals surface area (Å²) in [7, 11) is 0. The van der Waals surface area contributed by atoms with Crippen LogP contribution in [0, 0.1) is 0 Å². The molecule has 0 radical (unpaired) electrons. The standard InChI is InChI=1S/C16H19N5O4/c1-11(16(24)25)21(8-6-18-12(2)22)15(23)13-3-4-14(19-9-13)20-7-5-17-10-20/h3-5,7,9-11H,6,8H2,1-2H3,(H,18,22)(H,24,25). The summed E-state index contributed by atoms with van der Waals surface area (Å²) in [4.78, 5) is 44.2. The van der Waals surface area contributed by atoms with E-state index in [1.807, 2.05) is 0 Å². The van der Waals surface area contributed by atoms with Crippen molar-refractivity contribution in [2.75, 3.05) is 13.1 Å². The molecule has 2 aromatic rings. The summed E-state index contributed by atoms with van der Waals surface area (Å²) in [5, 5.41) is 11.8. The number of pyridine rings is 1. The van der Waals surface area contributed by atoms with Crippen LogP contribution in [-0.4, -0.2) is 61.5 Å². The van der Waals surface area contributed by atoms with Crippen LogP contribution in [0.4, 0.5) is 0 Å². The number of rotatable bonds is 7. The topological polar surface area (TPSA) is 117 Å². The lowest BCUT2D eigenvalue weighted by atomic mass is 10.2.